The SMILES string of the molecule is C=CC(I)/C(=C\C)CCCCC. The smallest absolute Gasteiger partial charge is 0.0496 e. The summed E-state index contributed by atoms with van der Waals surface area (Å²) in [5.41, 5.74) is 1.53. The van der Waals surface area contributed by atoms with Gasteiger partial charge in [0.2, 0.25) is 0 Å². The fraction of sp³-hybridized carbons (Fsp3) is 0.636. The van der Waals surface area contributed by atoms with Crippen molar-refractivity contribution in [1.82, 2.24) is 0 Å². The van der Waals surface area contributed by atoms with Crippen molar-refractivity contribution in [3.05, 3.63) is 24.3 Å². The van der Waals surface area contributed by atoms with Crippen LogP contribution in [0.1, 0.15) is 39.5 Å². The van der Waals surface area contributed by atoms with E-state index in [2.05, 4.69) is 49.1 Å². The molecule has 0 aliphatic carbocycles. The molecule has 0 N–H and O–H groups in total. The monoisotopic (exact) mass is 278 g/mol. The van der Waals surface area contributed by atoms with E-state index < -0.39 is 0 Å². The lowest BCUT2D eigenvalue weighted by Gasteiger charge is -2.09. The van der Waals surface area contributed by atoms with Gasteiger partial charge in [-0.15, -0.1) is 6.58 Å². The first-order chi connectivity index (χ1) is 5.76. The molecule has 0 saturated heterocycles. The van der Waals surface area contributed by atoms with E-state index in [9.17, 15) is 0 Å². The van der Waals surface area contributed by atoms with Gasteiger partial charge >= 0.3 is 0 Å². The largest absolute Gasteiger partial charge is 0.102 e. The third kappa shape index (κ3) is 4.96. The second kappa shape index (κ2) is 7.84. The average molecular weight is 278 g/mol. The lowest BCUT2D eigenvalue weighted by Crippen LogP contribution is -1.97. The van der Waals surface area contributed by atoms with E-state index in [1.165, 1.54) is 31.3 Å². The Labute approximate surface area is 90.3 Å². The van der Waals surface area contributed by atoms with Gasteiger partial charge in [-0.25, -0.2) is 0 Å². The zero-order valence-electron chi connectivity index (χ0n) is 8.15. The Morgan fingerprint density at radius 3 is 2.58 bits per heavy atom. The molecule has 12 heavy (non-hydrogen) atoms. The van der Waals surface area contributed by atoms with Crippen LogP contribution in [-0.2, 0) is 0 Å². The first-order valence-corrected chi connectivity index (χ1v) is 5.92. The van der Waals surface area contributed by atoms with E-state index in [1.807, 2.05) is 6.08 Å². The van der Waals surface area contributed by atoms with E-state index in [1.54, 1.807) is 0 Å². The van der Waals surface area contributed by atoms with E-state index in [4.69, 9.17) is 0 Å². The van der Waals surface area contributed by atoms with E-state index >= 15 is 0 Å². The van der Waals surface area contributed by atoms with Crippen molar-refractivity contribution < 1.29 is 0 Å². The summed E-state index contributed by atoms with van der Waals surface area (Å²) in [6, 6.07) is 0. The molecule has 0 amide bonds. The van der Waals surface area contributed by atoms with E-state index in [0.29, 0.717) is 3.92 Å². The first-order valence-electron chi connectivity index (χ1n) is 4.68. The number of unbranched alkanes of at least 4 members (excludes halogenated alkanes) is 2. The van der Waals surface area contributed by atoms with Crippen LogP contribution < -0.4 is 0 Å². The van der Waals surface area contributed by atoms with Crippen LogP contribution in [0.5, 0.6) is 0 Å². The molecule has 0 saturated carbocycles. The number of allylic oxidation sites excluding steroid dienone is 3. The summed E-state index contributed by atoms with van der Waals surface area (Å²) in [4.78, 5) is 0. The van der Waals surface area contributed by atoms with Crippen molar-refractivity contribution >= 4 is 22.6 Å². The molecule has 0 spiro atoms. The highest BCUT2D eigenvalue weighted by Crippen LogP contribution is 2.20. The van der Waals surface area contributed by atoms with Gasteiger partial charge in [-0.2, -0.15) is 0 Å². The van der Waals surface area contributed by atoms with Crippen LogP contribution in [0, 0.1) is 0 Å². The third-order valence-electron chi connectivity index (χ3n) is 2.00. The topological polar surface area (TPSA) is 0 Å². The highest BCUT2D eigenvalue weighted by atomic mass is 127. The van der Waals surface area contributed by atoms with Crippen LogP contribution in [0.3, 0.4) is 0 Å². The van der Waals surface area contributed by atoms with E-state index in [0.717, 1.165) is 0 Å². The van der Waals surface area contributed by atoms with Gasteiger partial charge in [-0.1, -0.05) is 60.1 Å². The van der Waals surface area contributed by atoms with Crippen LogP contribution in [0.4, 0.5) is 0 Å². The zero-order valence-corrected chi connectivity index (χ0v) is 10.3. The van der Waals surface area contributed by atoms with E-state index in [-0.39, 0.29) is 0 Å². The summed E-state index contributed by atoms with van der Waals surface area (Å²) in [6.45, 7) is 8.17. The number of halogens is 1. The molecule has 0 aromatic rings. The van der Waals surface area contributed by atoms with Crippen molar-refractivity contribution in [3.63, 3.8) is 0 Å². The van der Waals surface area contributed by atoms with Crippen molar-refractivity contribution in [3.8, 4) is 0 Å². The normalized spacial score (nSPS) is 14.4. The van der Waals surface area contributed by atoms with Gasteiger partial charge in [0.1, 0.15) is 0 Å². The fourth-order valence-corrected chi connectivity index (χ4v) is 1.84. The zero-order chi connectivity index (χ0) is 9.40. The second-order valence-electron chi connectivity index (χ2n) is 2.96. The molecule has 0 fully saturated rings. The maximum absolute atomic E-state index is 3.81. The predicted octanol–water partition coefficient (Wildman–Crippen LogP) is 4.50. The van der Waals surface area contributed by atoms with Gasteiger partial charge in [-0.05, 0) is 19.8 Å². The molecule has 0 aromatic heterocycles. The van der Waals surface area contributed by atoms with Crippen molar-refractivity contribution in [2.24, 2.45) is 0 Å². The summed E-state index contributed by atoms with van der Waals surface area (Å²) < 4.78 is 0.532. The third-order valence-corrected chi connectivity index (χ3v) is 3.31. The summed E-state index contributed by atoms with van der Waals surface area (Å²) >= 11 is 2.43. The lowest BCUT2D eigenvalue weighted by atomic mass is 10.0. The van der Waals surface area contributed by atoms with Crippen molar-refractivity contribution in [1.29, 1.82) is 0 Å². The molecule has 0 radical (unpaired) electrons. The molecule has 0 nitrogen and oxygen atoms in total. The lowest BCUT2D eigenvalue weighted by molar-refractivity contribution is 0.709. The van der Waals surface area contributed by atoms with Gasteiger partial charge in [0.15, 0.2) is 0 Å². The molecule has 1 atom stereocenters. The molecule has 0 aromatic carbocycles. The van der Waals surface area contributed by atoms with Gasteiger partial charge in [-0.3, -0.25) is 0 Å². The molecule has 0 aliphatic heterocycles. The quantitative estimate of drug-likeness (QED) is 0.290. The first kappa shape index (κ1) is 12.2. The molecular formula is C11H19I. The minimum absolute atomic E-state index is 0.532. The molecule has 0 rings (SSSR count). The summed E-state index contributed by atoms with van der Waals surface area (Å²) in [7, 11) is 0. The Hall–Kier alpha value is 0.210. The molecule has 70 valence electrons. The standard InChI is InChI=1S/C11H19I/c1-4-7-8-9-10(5-2)11(12)6-3/h5-6,11H,3-4,7-9H2,1-2H3/b10-5-. The van der Waals surface area contributed by atoms with Crippen LogP contribution in [0.2, 0.25) is 0 Å². The maximum atomic E-state index is 3.81. The number of hydrogen-bond acceptors (Lipinski definition) is 0. The van der Waals surface area contributed by atoms with Crippen LogP contribution in [0.15, 0.2) is 24.3 Å². The number of hydrogen-bond donors (Lipinski definition) is 0. The van der Waals surface area contributed by atoms with Crippen LogP contribution >= 0.6 is 22.6 Å². The predicted molar refractivity (Wildman–Crippen MR) is 65.9 cm³/mol. The Morgan fingerprint density at radius 2 is 2.17 bits per heavy atom. The Kier molecular flexibility index (Phi) is 7.98. The van der Waals surface area contributed by atoms with Gasteiger partial charge < -0.3 is 0 Å². The average Bonchev–Trinajstić information content (AvgIpc) is 2.11. The van der Waals surface area contributed by atoms with Crippen molar-refractivity contribution in [2.75, 3.05) is 0 Å². The summed E-state index contributed by atoms with van der Waals surface area (Å²) in [5.74, 6) is 0. The van der Waals surface area contributed by atoms with Gasteiger partial charge in [0, 0.05) is 3.92 Å². The highest BCUT2D eigenvalue weighted by molar-refractivity contribution is 14.1. The molecule has 0 heterocycles. The highest BCUT2D eigenvalue weighted by Gasteiger charge is 2.03. The van der Waals surface area contributed by atoms with Crippen LogP contribution in [-0.4, -0.2) is 3.92 Å². The molecule has 0 aliphatic rings. The van der Waals surface area contributed by atoms with Gasteiger partial charge in [0.05, 0.1) is 0 Å². The minimum Gasteiger partial charge on any atom is -0.102 e. The fourth-order valence-electron chi connectivity index (χ4n) is 1.17. The van der Waals surface area contributed by atoms with Crippen LogP contribution in [0.25, 0.3) is 0 Å². The van der Waals surface area contributed by atoms with Crippen molar-refractivity contribution in [2.45, 2.75) is 43.5 Å². The summed E-state index contributed by atoms with van der Waals surface area (Å²) in [5, 5.41) is 0. The van der Waals surface area contributed by atoms with Gasteiger partial charge in [0.25, 0.3) is 0 Å². The Morgan fingerprint density at radius 1 is 1.50 bits per heavy atom. The second-order valence-corrected chi connectivity index (χ2v) is 4.30. The number of alkyl halides is 1. The molecule has 1 heteroatoms. The Bertz CT molecular complexity index is 147. The molecular weight excluding hydrogens is 259 g/mol. The number of rotatable bonds is 6. The summed E-state index contributed by atoms with van der Waals surface area (Å²) in [6.07, 6.45) is 9.46. The molecule has 1 unspecified atom stereocenters. The molecule has 0 bridgehead atoms. The minimum atomic E-state index is 0.532. The Balaban J connectivity index is 3.77. The maximum Gasteiger partial charge on any atom is 0.0496 e.